The maximum Gasteiger partial charge on any atom is 0.313 e. The minimum atomic E-state index is -0.862. The Balaban J connectivity index is 1.27. The van der Waals surface area contributed by atoms with Gasteiger partial charge in [-0.05, 0) is 57.5 Å². The fourth-order valence-electron chi connectivity index (χ4n) is 5.79. The summed E-state index contributed by atoms with van der Waals surface area (Å²) in [5, 5.41) is 19.4. The summed E-state index contributed by atoms with van der Waals surface area (Å²) in [5.74, 6) is -2.31. The lowest BCUT2D eigenvalue weighted by Crippen LogP contribution is -2.63. The van der Waals surface area contributed by atoms with Gasteiger partial charge in [-0.2, -0.15) is 0 Å². The first kappa shape index (κ1) is 26.7. The van der Waals surface area contributed by atoms with E-state index in [1.54, 1.807) is 11.3 Å². The molecule has 0 spiro atoms. The fourth-order valence-corrected chi connectivity index (χ4v) is 6.77. The largest absolute Gasteiger partial charge is 0.391 e. The van der Waals surface area contributed by atoms with Gasteiger partial charge in [-0.25, -0.2) is 9.29 Å². The Bertz CT molecular complexity index is 1390. The number of carbonyl (C=O) groups is 2. The zero-order chi connectivity index (χ0) is 27.2. The van der Waals surface area contributed by atoms with Crippen LogP contribution >= 0.6 is 22.9 Å². The Morgan fingerprint density at radius 3 is 2.68 bits per heavy atom. The number of hydrogen-bond donors (Lipinski definition) is 3. The Morgan fingerprint density at radius 1 is 1.21 bits per heavy atom. The topological polar surface area (TPSA) is 103 Å². The molecule has 202 valence electrons. The van der Waals surface area contributed by atoms with Gasteiger partial charge in [0, 0.05) is 39.9 Å². The number of aliphatic hydroxyl groups is 1. The summed E-state index contributed by atoms with van der Waals surface area (Å²) >= 11 is 7.30. The SMILES string of the molecule is CC1(C)CC(NC(=O)C(=O)Nc2ccc(Cl)c(F)c2)CC2(C)N1Cc1c[n+](CCc3ccc(CO)s3)nn12. The number of piperidine rings is 1. The summed E-state index contributed by atoms with van der Waals surface area (Å²) in [6.07, 6.45) is 4.13. The quantitative estimate of drug-likeness (QED) is 0.317. The first-order valence-electron chi connectivity index (χ1n) is 12.5. The molecule has 4 heterocycles. The minimum Gasteiger partial charge on any atom is -0.391 e. The van der Waals surface area contributed by atoms with Crippen molar-refractivity contribution in [3.63, 3.8) is 0 Å². The predicted octanol–water partition coefficient (Wildman–Crippen LogP) is 2.94. The number of aromatic nitrogens is 3. The standard InChI is InChI=1S/C26H30ClFN6O3S/c1-25(2)11-17(30-24(37)23(36)29-16-4-7-21(27)22(28)10-16)12-26(3)33(25)14-18-13-32(31-34(18)26)9-8-19-5-6-20(15-35)38-19/h4-7,10,13,17,35H,8-9,11-12,14-15H2,1-3H3,(H-,29,30,36,37)/p+1. The summed E-state index contributed by atoms with van der Waals surface area (Å²) in [7, 11) is 0. The lowest BCUT2D eigenvalue weighted by atomic mass is 9.81. The highest BCUT2D eigenvalue weighted by atomic mass is 35.5. The number of thiophene rings is 1. The second-order valence-electron chi connectivity index (χ2n) is 10.7. The van der Waals surface area contributed by atoms with Crippen molar-refractivity contribution >= 4 is 40.4 Å². The van der Waals surface area contributed by atoms with Crippen molar-refractivity contribution in [2.75, 3.05) is 5.32 Å². The number of anilines is 1. The highest BCUT2D eigenvalue weighted by Crippen LogP contribution is 2.46. The molecule has 3 N–H and O–H groups in total. The number of nitrogens with zero attached hydrogens (tertiary/aromatic N) is 4. The Kier molecular flexibility index (Phi) is 7.06. The van der Waals surface area contributed by atoms with E-state index in [0.29, 0.717) is 12.8 Å². The molecule has 1 saturated heterocycles. The number of benzene rings is 1. The zero-order valence-electron chi connectivity index (χ0n) is 21.5. The van der Waals surface area contributed by atoms with Gasteiger partial charge in [0.1, 0.15) is 12.4 Å². The van der Waals surface area contributed by atoms with Crippen molar-refractivity contribution in [2.45, 2.75) is 77.0 Å². The fraction of sp³-hybridized carbons (Fsp3) is 0.462. The van der Waals surface area contributed by atoms with Crippen LogP contribution in [0.5, 0.6) is 0 Å². The van der Waals surface area contributed by atoms with E-state index in [9.17, 15) is 19.1 Å². The molecular formula is C26H31ClFN6O3S+. The van der Waals surface area contributed by atoms with E-state index in [2.05, 4.69) is 42.5 Å². The van der Waals surface area contributed by atoms with Gasteiger partial charge in [-0.1, -0.05) is 11.6 Å². The van der Waals surface area contributed by atoms with Gasteiger partial charge in [0.2, 0.25) is 0 Å². The molecule has 1 fully saturated rings. The van der Waals surface area contributed by atoms with Crippen LogP contribution in [0.3, 0.4) is 0 Å². The molecule has 2 amide bonds. The molecule has 5 rings (SSSR count). The van der Waals surface area contributed by atoms with Gasteiger partial charge in [-0.3, -0.25) is 9.59 Å². The van der Waals surface area contributed by atoms with Gasteiger partial charge < -0.3 is 15.7 Å². The van der Waals surface area contributed by atoms with Crippen molar-refractivity contribution in [3.8, 4) is 0 Å². The third kappa shape index (κ3) is 5.07. The first-order chi connectivity index (χ1) is 18.0. The summed E-state index contributed by atoms with van der Waals surface area (Å²) in [4.78, 5) is 29.9. The molecule has 0 radical (unpaired) electrons. The van der Waals surface area contributed by atoms with Crippen molar-refractivity contribution in [3.05, 3.63) is 62.8 Å². The number of carbonyl (C=O) groups excluding carboxylic acids is 2. The molecular weight excluding hydrogens is 531 g/mol. The molecule has 2 aromatic heterocycles. The van der Waals surface area contributed by atoms with Crippen LogP contribution in [0.25, 0.3) is 0 Å². The number of aryl methyl sites for hydroxylation is 2. The lowest BCUT2D eigenvalue weighted by Gasteiger charge is -2.50. The number of amides is 2. The Hall–Kier alpha value is -2.86. The number of aliphatic hydroxyl groups excluding tert-OH is 1. The number of hydrogen-bond acceptors (Lipinski definition) is 6. The third-order valence-electron chi connectivity index (χ3n) is 7.42. The highest BCUT2D eigenvalue weighted by Gasteiger charge is 2.58. The molecule has 2 atom stereocenters. The molecule has 0 saturated carbocycles. The van der Waals surface area contributed by atoms with E-state index in [-0.39, 0.29) is 28.9 Å². The number of halogens is 2. The van der Waals surface area contributed by atoms with Crippen LogP contribution in [-0.2, 0) is 41.4 Å². The molecule has 3 aromatic rings. The Labute approximate surface area is 229 Å². The predicted molar refractivity (Wildman–Crippen MR) is 141 cm³/mol. The monoisotopic (exact) mass is 561 g/mol. The average Bonchev–Trinajstić information content (AvgIpc) is 3.55. The van der Waals surface area contributed by atoms with E-state index in [1.165, 1.54) is 17.0 Å². The summed E-state index contributed by atoms with van der Waals surface area (Å²) in [6, 6.07) is 7.56. The maximum atomic E-state index is 13.7. The smallest absolute Gasteiger partial charge is 0.313 e. The van der Waals surface area contributed by atoms with E-state index in [0.717, 1.165) is 36.1 Å². The van der Waals surface area contributed by atoms with Crippen LogP contribution in [0.1, 0.15) is 49.1 Å². The molecule has 12 heteroatoms. The zero-order valence-corrected chi connectivity index (χ0v) is 23.1. The van der Waals surface area contributed by atoms with Gasteiger partial charge in [0.15, 0.2) is 17.6 Å². The summed E-state index contributed by atoms with van der Waals surface area (Å²) in [6.45, 7) is 7.90. The second-order valence-corrected chi connectivity index (χ2v) is 12.4. The van der Waals surface area contributed by atoms with Gasteiger partial charge >= 0.3 is 11.8 Å². The molecule has 0 bridgehead atoms. The third-order valence-corrected chi connectivity index (χ3v) is 8.86. The van der Waals surface area contributed by atoms with E-state index in [4.69, 9.17) is 16.8 Å². The van der Waals surface area contributed by atoms with E-state index in [1.807, 2.05) is 21.5 Å². The molecule has 38 heavy (non-hydrogen) atoms. The van der Waals surface area contributed by atoms with Crippen molar-refractivity contribution in [2.24, 2.45) is 0 Å². The summed E-state index contributed by atoms with van der Waals surface area (Å²) < 4.78 is 17.7. The van der Waals surface area contributed by atoms with Gasteiger partial charge in [-0.15, -0.1) is 20.7 Å². The minimum absolute atomic E-state index is 0.0552. The molecule has 2 unspecified atom stereocenters. The molecule has 2 aliphatic rings. The van der Waals surface area contributed by atoms with Crippen LogP contribution in [-0.4, -0.2) is 43.3 Å². The van der Waals surface area contributed by atoms with E-state index >= 15 is 0 Å². The van der Waals surface area contributed by atoms with Gasteiger partial charge in [0.25, 0.3) is 0 Å². The highest BCUT2D eigenvalue weighted by molar-refractivity contribution is 7.11. The van der Waals surface area contributed by atoms with Gasteiger partial charge in [0.05, 0.1) is 23.4 Å². The maximum absolute atomic E-state index is 13.7. The number of fused-ring (bicyclic) bond motifs is 3. The van der Waals surface area contributed by atoms with E-state index < -0.39 is 23.3 Å². The van der Waals surface area contributed by atoms with Crippen molar-refractivity contribution < 1.29 is 23.8 Å². The number of rotatable bonds is 6. The number of nitrogens with one attached hydrogen (secondary N) is 2. The molecule has 9 nitrogen and oxygen atoms in total. The normalized spacial score (nSPS) is 22.1. The van der Waals surface area contributed by atoms with Crippen LogP contribution in [0, 0.1) is 5.82 Å². The van der Waals surface area contributed by atoms with Crippen molar-refractivity contribution in [1.29, 1.82) is 0 Å². The summed E-state index contributed by atoms with van der Waals surface area (Å²) in [5.41, 5.74) is 0.510. The van der Waals surface area contributed by atoms with Crippen LogP contribution < -0.4 is 15.3 Å². The lowest BCUT2D eigenvalue weighted by molar-refractivity contribution is -0.756. The molecule has 1 aromatic carbocycles. The average molecular weight is 562 g/mol. The van der Waals surface area contributed by atoms with Crippen LogP contribution in [0.15, 0.2) is 36.5 Å². The van der Waals surface area contributed by atoms with Crippen LogP contribution in [0.4, 0.5) is 10.1 Å². The van der Waals surface area contributed by atoms with Crippen LogP contribution in [0.2, 0.25) is 5.02 Å². The first-order valence-corrected chi connectivity index (χ1v) is 13.7. The molecule has 0 aliphatic carbocycles. The van der Waals surface area contributed by atoms with Crippen molar-refractivity contribution in [1.82, 2.24) is 20.1 Å². The molecule has 2 aliphatic heterocycles. The Morgan fingerprint density at radius 2 is 1.97 bits per heavy atom. The second kappa shape index (κ2) is 10.0.